The van der Waals surface area contributed by atoms with Gasteiger partial charge in [0.2, 0.25) is 0 Å². The van der Waals surface area contributed by atoms with Crippen molar-refractivity contribution in [3.05, 3.63) is 0 Å². The van der Waals surface area contributed by atoms with Crippen LogP contribution < -0.4 is 5.32 Å². The summed E-state index contributed by atoms with van der Waals surface area (Å²) in [4.78, 5) is 21.2. The highest BCUT2D eigenvalue weighted by atomic mass is 16.5. The van der Waals surface area contributed by atoms with Gasteiger partial charge in [0.25, 0.3) is 6.47 Å². The molecule has 1 saturated heterocycles. The lowest BCUT2D eigenvalue weighted by molar-refractivity contribution is -0.140. The molecule has 1 fully saturated rings. The van der Waals surface area contributed by atoms with Crippen LogP contribution in [0.15, 0.2) is 0 Å². The topological polar surface area (TPSA) is 55.4 Å². The van der Waals surface area contributed by atoms with Crippen molar-refractivity contribution < 1.29 is 14.3 Å². The number of carbonyl (C=O) groups excluding carboxylic acids is 2. The number of hydrogen-bond donors (Lipinski definition) is 1. The molecule has 0 aromatic rings. The van der Waals surface area contributed by atoms with Gasteiger partial charge in [-0.15, -0.1) is 0 Å². The van der Waals surface area contributed by atoms with Crippen LogP contribution in [0.5, 0.6) is 0 Å². The Labute approximate surface area is 71.3 Å². The van der Waals surface area contributed by atoms with E-state index in [1.165, 1.54) is 0 Å². The number of ether oxygens (including phenoxy) is 1. The second kappa shape index (κ2) is 3.67. The zero-order valence-electron chi connectivity index (χ0n) is 7.13. The summed E-state index contributed by atoms with van der Waals surface area (Å²) >= 11 is 0. The van der Waals surface area contributed by atoms with Crippen LogP contribution in [0, 0.1) is 5.41 Å². The molecule has 12 heavy (non-hydrogen) atoms. The maximum atomic E-state index is 11.4. The molecule has 0 amide bonds. The number of carbonyl (C=O) groups is 2. The first-order chi connectivity index (χ1) is 5.69. The fourth-order valence-corrected chi connectivity index (χ4v) is 1.34. The van der Waals surface area contributed by atoms with Crippen molar-refractivity contribution in [2.75, 3.05) is 19.7 Å². The Kier molecular flexibility index (Phi) is 2.81. The van der Waals surface area contributed by atoms with Gasteiger partial charge in [0.15, 0.2) is 5.78 Å². The second-order valence-electron chi connectivity index (χ2n) is 3.32. The third-order valence-corrected chi connectivity index (χ3v) is 2.32. The predicted molar refractivity (Wildman–Crippen MR) is 42.6 cm³/mol. The molecule has 0 spiro atoms. The van der Waals surface area contributed by atoms with Crippen LogP contribution in [0.2, 0.25) is 0 Å². The van der Waals surface area contributed by atoms with Gasteiger partial charge < -0.3 is 10.1 Å². The number of rotatable bonds is 4. The van der Waals surface area contributed by atoms with Gasteiger partial charge >= 0.3 is 0 Å². The van der Waals surface area contributed by atoms with E-state index in [2.05, 4.69) is 10.1 Å². The number of nitrogens with one attached hydrogen (secondary N) is 1. The van der Waals surface area contributed by atoms with Crippen LogP contribution in [0.3, 0.4) is 0 Å². The average molecular weight is 171 g/mol. The van der Waals surface area contributed by atoms with Crippen molar-refractivity contribution in [2.45, 2.75) is 13.3 Å². The largest absolute Gasteiger partial charge is 0.460 e. The monoisotopic (exact) mass is 171 g/mol. The highest BCUT2D eigenvalue weighted by Gasteiger charge is 2.35. The van der Waals surface area contributed by atoms with Crippen LogP contribution in [0.1, 0.15) is 13.3 Å². The summed E-state index contributed by atoms with van der Waals surface area (Å²) in [5, 5.41) is 3.11. The Hall–Kier alpha value is -0.900. The number of hydrogen-bond acceptors (Lipinski definition) is 4. The van der Waals surface area contributed by atoms with Crippen molar-refractivity contribution in [3.63, 3.8) is 0 Å². The van der Waals surface area contributed by atoms with Gasteiger partial charge in [0.05, 0.1) is 0 Å². The maximum absolute atomic E-state index is 11.4. The minimum Gasteiger partial charge on any atom is -0.460 e. The summed E-state index contributed by atoms with van der Waals surface area (Å²) in [6, 6.07) is 0. The lowest BCUT2D eigenvalue weighted by Crippen LogP contribution is -2.33. The predicted octanol–water partition coefficient (Wildman–Crippen LogP) is -0.272. The van der Waals surface area contributed by atoms with Gasteiger partial charge in [-0.3, -0.25) is 9.59 Å². The highest BCUT2D eigenvalue weighted by Crippen LogP contribution is 2.25. The molecule has 1 N–H and O–H groups in total. The first kappa shape index (κ1) is 9.19. The third kappa shape index (κ3) is 1.82. The summed E-state index contributed by atoms with van der Waals surface area (Å²) in [5.41, 5.74) is -0.330. The first-order valence-corrected chi connectivity index (χ1v) is 3.98. The quantitative estimate of drug-likeness (QED) is 0.591. The molecular formula is C8H13NO3. The zero-order chi connectivity index (χ0) is 9.03. The Bertz CT molecular complexity index is 185. The Morgan fingerprint density at radius 1 is 1.75 bits per heavy atom. The van der Waals surface area contributed by atoms with Crippen LogP contribution in [0.4, 0.5) is 0 Å². The van der Waals surface area contributed by atoms with Gasteiger partial charge in [-0.05, 0) is 13.0 Å². The Balaban J connectivity index is 2.44. The summed E-state index contributed by atoms with van der Waals surface area (Å²) in [6.07, 6.45) is 0.827. The third-order valence-electron chi connectivity index (χ3n) is 2.32. The molecule has 1 unspecified atom stereocenters. The van der Waals surface area contributed by atoms with E-state index in [-0.39, 0.29) is 17.8 Å². The summed E-state index contributed by atoms with van der Waals surface area (Å²) < 4.78 is 4.42. The minimum absolute atomic E-state index is 0.000370. The molecule has 0 aromatic carbocycles. The van der Waals surface area contributed by atoms with Gasteiger partial charge in [0.1, 0.15) is 6.61 Å². The van der Waals surface area contributed by atoms with E-state index in [1.807, 2.05) is 6.92 Å². The molecule has 1 heterocycles. The second-order valence-corrected chi connectivity index (χ2v) is 3.32. The van der Waals surface area contributed by atoms with Crippen molar-refractivity contribution in [1.29, 1.82) is 0 Å². The van der Waals surface area contributed by atoms with Gasteiger partial charge in [-0.25, -0.2) is 0 Å². The van der Waals surface area contributed by atoms with Crippen LogP contribution in [-0.2, 0) is 14.3 Å². The number of ketones is 1. The van der Waals surface area contributed by atoms with Crippen LogP contribution >= 0.6 is 0 Å². The lowest BCUT2D eigenvalue weighted by atomic mass is 9.85. The molecule has 1 aliphatic rings. The van der Waals surface area contributed by atoms with Gasteiger partial charge in [-0.2, -0.15) is 0 Å². The molecule has 0 aliphatic carbocycles. The SMILES string of the molecule is CC1(C(=O)COC=O)CCNC1. The molecule has 4 heteroatoms. The van der Waals surface area contributed by atoms with E-state index < -0.39 is 0 Å². The fourth-order valence-electron chi connectivity index (χ4n) is 1.34. The van der Waals surface area contributed by atoms with Gasteiger partial charge in [-0.1, -0.05) is 6.92 Å². The molecule has 4 nitrogen and oxygen atoms in total. The van der Waals surface area contributed by atoms with E-state index in [0.717, 1.165) is 13.0 Å². The molecule has 0 saturated carbocycles. The molecule has 0 aromatic heterocycles. The van der Waals surface area contributed by atoms with E-state index in [9.17, 15) is 9.59 Å². The zero-order valence-corrected chi connectivity index (χ0v) is 7.13. The summed E-state index contributed by atoms with van der Waals surface area (Å²) in [7, 11) is 0. The van der Waals surface area contributed by atoms with Crippen LogP contribution in [0.25, 0.3) is 0 Å². The van der Waals surface area contributed by atoms with Crippen molar-refractivity contribution in [3.8, 4) is 0 Å². The molecular weight excluding hydrogens is 158 g/mol. The standard InChI is InChI=1S/C8H13NO3/c1-8(2-3-9-5-8)7(11)4-12-6-10/h6,9H,2-5H2,1H3. The number of Topliss-reactive ketones (excluding diaryl/α,β-unsaturated/α-hetero) is 1. The average Bonchev–Trinajstić information content (AvgIpc) is 2.49. The van der Waals surface area contributed by atoms with Gasteiger partial charge in [0, 0.05) is 12.0 Å². The van der Waals surface area contributed by atoms with Crippen molar-refractivity contribution in [2.24, 2.45) is 5.41 Å². The van der Waals surface area contributed by atoms with E-state index in [0.29, 0.717) is 13.0 Å². The molecule has 1 rings (SSSR count). The van der Waals surface area contributed by atoms with Crippen molar-refractivity contribution in [1.82, 2.24) is 5.32 Å². The molecule has 68 valence electrons. The Morgan fingerprint density at radius 2 is 2.50 bits per heavy atom. The van der Waals surface area contributed by atoms with Crippen LogP contribution in [-0.4, -0.2) is 32.0 Å². The fraction of sp³-hybridized carbons (Fsp3) is 0.750. The normalized spacial score (nSPS) is 28.4. The van der Waals surface area contributed by atoms with E-state index in [4.69, 9.17) is 0 Å². The molecule has 0 bridgehead atoms. The molecule has 1 atom stereocenters. The summed E-state index contributed by atoms with van der Waals surface area (Å²) in [5.74, 6) is -0.000370. The summed E-state index contributed by atoms with van der Waals surface area (Å²) in [6.45, 7) is 3.66. The Morgan fingerprint density at radius 3 is 3.00 bits per heavy atom. The van der Waals surface area contributed by atoms with Crippen molar-refractivity contribution >= 4 is 12.3 Å². The maximum Gasteiger partial charge on any atom is 0.293 e. The minimum atomic E-state index is -0.330. The smallest absolute Gasteiger partial charge is 0.293 e. The van der Waals surface area contributed by atoms with E-state index >= 15 is 0 Å². The lowest BCUT2D eigenvalue weighted by Gasteiger charge is -2.19. The molecule has 1 aliphatic heterocycles. The first-order valence-electron chi connectivity index (χ1n) is 3.98. The highest BCUT2D eigenvalue weighted by molar-refractivity contribution is 5.86. The van der Waals surface area contributed by atoms with E-state index in [1.54, 1.807) is 0 Å². The molecule has 0 radical (unpaired) electrons.